The van der Waals surface area contributed by atoms with Gasteiger partial charge in [0.2, 0.25) is 5.91 Å². The fraction of sp³-hybridized carbons (Fsp3) is 0.550. The number of ether oxygens (including phenoxy) is 1. The SMILES string of the molecule is Cc1ccc(OCC(=O)N2CCC(C(=O)N(C)C3(C#N)CC3)CC2)c(Cl)c1. The highest BCUT2D eigenvalue weighted by Gasteiger charge is 2.50. The van der Waals surface area contributed by atoms with Gasteiger partial charge in [-0.3, -0.25) is 9.59 Å². The normalized spacial score (nSPS) is 18.5. The zero-order valence-electron chi connectivity index (χ0n) is 15.7. The molecule has 27 heavy (non-hydrogen) atoms. The van der Waals surface area contributed by atoms with E-state index in [4.69, 9.17) is 16.3 Å². The van der Waals surface area contributed by atoms with E-state index in [1.807, 2.05) is 13.0 Å². The highest BCUT2D eigenvalue weighted by molar-refractivity contribution is 6.32. The molecule has 1 aliphatic heterocycles. The van der Waals surface area contributed by atoms with Crippen LogP contribution < -0.4 is 4.74 Å². The lowest BCUT2D eigenvalue weighted by molar-refractivity contribution is -0.141. The summed E-state index contributed by atoms with van der Waals surface area (Å²) in [7, 11) is 1.72. The molecule has 3 rings (SSSR count). The summed E-state index contributed by atoms with van der Waals surface area (Å²) < 4.78 is 5.55. The number of amides is 2. The molecule has 1 saturated carbocycles. The minimum atomic E-state index is -0.592. The number of rotatable bonds is 5. The van der Waals surface area contributed by atoms with Crippen molar-refractivity contribution in [2.45, 2.75) is 38.1 Å². The summed E-state index contributed by atoms with van der Waals surface area (Å²) in [4.78, 5) is 28.4. The maximum absolute atomic E-state index is 12.6. The predicted octanol–water partition coefficient (Wildman–Crippen LogP) is 2.78. The van der Waals surface area contributed by atoms with E-state index in [-0.39, 0.29) is 24.3 Å². The van der Waals surface area contributed by atoms with Crippen molar-refractivity contribution in [2.24, 2.45) is 5.92 Å². The van der Waals surface area contributed by atoms with Crippen LogP contribution in [0, 0.1) is 24.2 Å². The molecule has 2 aliphatic rings. The molecule has 1 aliphatic carbocycles. The first-order valence-corrected chi connectivity index (χ1v) is 9.60. The van der Waals surface area contributed by atoms with Crippen LogP contribution in [0.1, 0.15) is 31.2 Å². The largest absolute Gasteiger partial charge is 0.482 e. The number of nitrogens with zero attached hydrogens (tertiary/aromatic N) is 3. The molecule has 0 aromatic heterocycles. The standard InChI is InChI=1S/C20H24ClN3O3/c1-14-3-4-17(16(21)11-14)27-12-18(25)24-9-5-15(6-10-24)19(26)23(2)20(13-22)7-8-20/h3-4,11,15H,5-10,12H2,1-2H3. The molecule has 1 aromatic carbocycles. The number of likely N-dealkylation sites (tertiary alicyclic amines) is 1. The van der Waals surface area contributed by atoms with Gasteiger partial charge in [0.15, 0.2) is 6.61 Å². The molecule has 1 saturated heterocycles. The lowest BCUT2D eigenvalue weighted by Crippen LogP contribution is -2.47. The van der Waals surface area contributed by atoms with Crippen LogP contribution in [-0.2, 0) is 9.59 Å². The quantitative estimate of drug-likeness (QED) is 0.776. The van der Waals surface area contributed by atoms with Gasteiger partial charge in [-0.1, -0.05) is 17.7 Å². The first-order chi connectivity index (χ1) is 12.9. The van der Waals surface area contributed by atoms with Gasteiger partial charge in [-0.2, -0.15) is 5.26 Å². The molecule has 0 spiro atoms. The molecule has 7 heteroatoms. The smallest absolute Gasteiger partial charge is 0.260 e. The van der Waals surface area contributed by atoms with Crippen LogP contribution in [0.15, 0.2) is 18.2 Å². The third-order valence-electron chi connectivity index (χ3n) is 5.54. The Morgan fingerprint density at radius 3 is 2.59 bits per heavy atom. The highest BCUT2D eigenvalue weighted by atomic mass is 35.5. The second kappa shape index (κ2) is 7.77. The Labute approximate surface area is 164 Å². The minimum absolute atomic E-state index is 0.0174. The van der Waals surface area contributed by atoms with Crippen molar-refractivity contribution in [3.8, 4) is 11.8 Å². The summed E-state index contributed by atoms with van der Waals surface area (Å²) in [6.45, 7) is 2.91. The Morgan fingerprint density at radius 2 is 2.04 bits per heavy atom. The van der Waals surface area contributed by atoms with E-state index in [9.17, 15) is 14.9 Å². The van der Waals surface area contributed by atoms with Gasteiger partial charge in [-0.25, -0.2) is 0 Å². The lowest BCUT2D eigenvalue weighted by atomic mass is 9.94. The summed E-state index contributed by atoms with van der Waals surface area (Å²) in [6, 6.07) is 7.69. The van der Waals surface area contributed by atoms with Gasteiger partial charge >= 0.3 is 0 Å². The maximum Gasteiger partial charge on any atom is 0.260 e. The second-order valence-electron chi connectivity index (χ2n) is 7.42. The number of piperidine rings is 1. The molecule has 0 unspecified atom stereocenters. The molecule has 0 atom stereocenters. The number of nitriles is 1. The van der Waals surface area contributed by atoms with Gasteiger partial charge in [0.05, 0.1) is 11.1 Å². The monoisotopic (exact) mass is 389 g/mol. The summed E-state index contributed by atoms with van der Waals surface area (Å²) in [5.41, 5.74) is 0.435. The molecule has 0 N–H and O–H groups in total. The van der Waals surface area contributed by atoms with Crippen LogP contribution in [0.25, 0.3) is 0 Å². The predicted molar refractivity (Wildman–Crippen MR) is 101 cm³/mol. The number of benzene rings is 1. The number of halogens is 1. The fourth-order valence-corrected chi connectivity index (χ4v) is 3.74. The second-order valence-corrected chi connectivity index (χ2v) is 7.83. The first kappa shape index (κ1) is 19.5. The number of aryl methyl sites for hydroxylation is 1. The van der Waals surface area contributed by atoms with E-state index < -0.39 is 5.54 Å². The van der Waals surface area contributed by atoms with Gasteiger partial charge in [0.25, 0.3) is 5.91 Å². The van der Waals surface area contributed by atoms with Crippen molar-refractivity contribution in [2.75, 3.05) is 26.7 Å². The van der Waals surface area contributed by atoms with E-state index in [0.717, 1.165) is 18.4 Å². The van der Waals surface area contributed by atoms with Crippen LogP contribution in [0.4, 0.5) is 0 Å². The van der Waals surface area contributed by atoms with E-state index in [2.05, 4.69) is 6.07 Å². The summed E-state index contributed by atoms with van der Waals surface area (Å²) in [6.07, 6.45) is 2.73. The molecule has 2 fully saturated rings. The molecule has 6 nitrogen and oxygen atoms in total. The third-order valence-corrected chi connectivity index (χ3v) is 5.84. The number of carbonyl (C=O) groups is 2. The number of hydrogen-bond acceptors (Lipinski definition) is 4. The summed E-state index contributed by atoms with van der Waals surface area (Å²) in [5.74, 6) is 0.274. The van der Waals surface area contributed by atoms with Crippen LogP contribution >= 0.6 is 11.6 Å². The van der Waals surface area contributed by atoms with Crippen molar-refractivity contribution in [1.29, 1.82) is 5.26 Å². The van der Waals surface area contributed by atoms with E-state index in [1.165, 1.54) is 0 Å². The number of carbonyl (C=O) groups excluding carboxylic acids is 2. The topological polar surface area (TPSA) is 73.6 Å². The van der Waals surface area contributed by atoms with Crippen molar-refractivity contribution in [1.82, 2.24) is 9.80 Å². The van der Waals surface area contributed by atoms with E-state index in [0.29, 0.717) is 36.7 Å². The highest BCUT2D eigenvalue weighted by Crippen LogP contribution is 2.41. The minimum Gasteiger partial charge on any atom is -0.482 e. The van der Waals surface area contributed by atoms with Gasteiger partial charge in [0.1, 0.15) is 11.3 Å². The zero-order valence-corrected chi connectivity index (χ0v) is 16.5. The molecule has 2 amide bonds. The maximum atomic E-state index is 12.6. The Kier molecular flexibility index (Phi) is 5.61. The molecule has 0 bridgehead atoms. The van der Waals surface area contributed by atoms with Gasteiger partial charge in [0, 0.05) is 26.1 Å². The summed E-state index contributed by atoms with van der Waals surface area (Å²) in [5, 5.41) is 9.74. The van der Waals surface area contributed by atoms with E-state index in [1.54, 1.807) is 29.0 Å². The summed E-state index contributed by atoms with van der Waals surface area (Å²) >= 11 is 6.12. The average molecular weight is 390 g/mol. The fourth-order valence-electron chi connectivity index (χ4n) is 3.45. The van der Waals surface area contributed by atoms with Crippen LogP contribution in [0.3, 0.4) is 0 Å². The van der Waals surface area contributed by atoms with Crippen molar-refractivity contribution in [3.63, 3.8) is 0 Å². The van der Waals surface area contributed by atoms with E-state index >= 15 is 0 Å². The first-order valence-electron chi connectivity index (χ1n) is 9.22. The lowest BCUT2D eigenvalue weighted by Gasteiger charge is -2.34. The average Bonchev–Trinajstić information content (AvgIpc) is 3.47. The van der Waals surface area contributed by atoms with Crippen LogP contribution in [-0.4, -0.2) is 53.9 Å². The Bertz CT molecular complexity index is 777. The van der Waals surface area contributed by atoms with Crippen LogP contribution in [0.5, 0.6) is 5.75 Å². The Hall–Kier alpha value is -2.26. The van der Waals surface area contributed by atoms with Crippen molar-refractivity contribution < 1.29 is 14.3 Å². The molecular weight excluding hydrogens is 366 g/mol. The van der Waals surface area contributed by atoms with Crippen LogP contribution in [0.2, 0.25) is 5.02 Å². The van der Waals surface area contributed by atoms with Gasteiger partial charge < -0.3 is 14.5 Å². The zero-order chi connectivity index (χ0) is 19.6. The van der Waals surface area contributed by atoms with Gasteiger partial charge in [-0.05, 0) is 50.3 Å². The molecule has 1 heterocycles. The number of hydrogen-bond donors (Lipinski definition) is 0. The Balaban J connectivity index is 1.48. The molecule has 1 aromatic rings. The van der Waals surface area contributed by atoms with Gasteiger partial charge in [-0.15, -0.1) is 0 Å². The van der Waals surface area contributed by atoms with Crippen molar-refractivity contribution in [3.05, 3.63) is 28.8 Å². The van der Waals surface area contributed by atoms with Crippen molar-refractivity contribution >= 4 is 23.4 Å². The third kappa shape index (κ3) is 4.19. The Morgan fingerprint density at radius 1 is 1.37 bits per heavy atom. The molecule has 0 radical (unpaired) electrons. The molecular formula is C20H24ClN3O3. The molecule has 144 valence electrons.